The van der Waals surface area contributed by atoms with Crippen LogP contribution in [0, 0.1) is 0 Å². The number of aromatic nitrogens is 2. The first-order chi connectivity index (χ1) is 12.8. The maximum Gasteiger partial charge on any atom is 0.315 e. The van der Waals surface area contributed by atoms with Crippen molar-refractivity contribution in [1.82, 2.24) is 20.6 Å². The maximum atomic E-state index is 12.0. The van der Waals surface area contributed by atoms with E-state index in [1.807, 2.05) is 37.4 Å². The Bertz CT molecular complexity index is 714. The van der Waals surface area contributed by atoms with Crippen LogP contribution in [-0.2, 0) is 13.1 Å². The van der Waals surface area contributed by atoms with Gasteiger partial charge >= 0.3 is 6.03 Å². The van der Waals surface area contributed by atoms with Gasteiger partial charge in [0.15, 0.2) is 0 Å². The number of urea groups is 1. The van der Waals surface area contributed by atoms with Crippen molar-refractivity contribution >= 4 is 11.8 Å². The largest absolute Gasteiger partial charge is 0.478 e. The fourth-order valence-corrected chi connectivity index (χ4v) is 2.90. The summed E-state index contributed by atoms with van der Waals surface area (Å²) in [7, 11) is 0. The van der Waals surface area contributed by atoms with Gasteiger partial charge in [0.05, 0.1) is 6.61 Å². The number of hydrogen-bond donors (Lipinski definition) is 2. The number of carbonyl (C=O) groups excluding carboxylic acids is 1. The first-order valence-electron chi connectivity index (χ1n) is 9.04. The highest BCUT2D eigenvalue weighted by Crippen LogP contribution is 2.17. The molecule has 0 saturated carbocycles. The Hall–Kier alpha value is -2.83. The molecule has 7 nitrogen and oxygen atoms in total. The van der Waals surface area contributed by atoms with Crippen molar-refractivity contribution < 1.29 is 9.53 Å². The Balaban J connectivity index is 1.45. The van der Waals surface area contributed by atoms with E-state index in [9.17, 15) is 4.79 Å². The number of hydrogen-bond acceptors (Lipinski definition) is 5. The van der Waals surface area contributed by atoms with E-state index in [1.165, 1.54) is 12.8 Å². The van der Waals surface area contributed by atoms with Gasteiger partial charge < -0.3 is 20.3 Å². The summed E-state index contributed by atoms with van der Waals surface area (Å²) in [5.41, 5.74) is 1.82. The minimum Gasteiger partial charge on any atom is -0.478 e. The van der Waals surface area contributed by atoms with E-state index in [2.05, 4.69) is 25.5 Å². The number of nitrogens with one attached hydrogen (secondary N) is 2. The first kappa shape index (κ1) is 18.0. The smallest absolute Gasteiger partial charge is 0.315 e. The van der Waals surface area contributed by atoms with Crippen molar-refractivity contribution in [2.24, 2.45) is 0 Å². The van der Waals surface area contributed by atoms with Crippen molar-refractivity contribution in [2.45, 2.75) is 32.9 Å². The predicted octanol–water partition coefficient (Wildman–Crippen LogP) is 2.47. The Morgan fingerprint density at radius 1 is 1.15 bits per heavy atom. The number of pyridine rings is 2. The van der Waals surface area contributed by atoms with E-state index in [0.717, 1.165) is 30.0 Å². The molecule has 0 radical (unpaired) electrons. The topological polar surface area (TPSA) is 79.4 Å². The third-order valence-electron chi connectivity index (χ3n) is 4.26. The van der Waals surface area contributed by atoms with Gasteiger partial charge in [-0.05, 0) is 37.5 Å². The van der Waals surface area contributed by atoms with Crippen LogP contribution in [0.5, 0.6) is 5.88 Å². The molecule has 0 spiro atoms. The Labute approximate surface area is 153 Å². The summed E-state index contributed by atoms with van der Waals surface area (Å²) >= 11 is 0. The van der Waals surface area contributed by atoms with E-state index in [4.69, 9.17) is 4.74 Å². The second kappa shape index (κ2) is 9.03. The summed E-state index contributed by atoms with van der Waals surface area (Å²) < 4.78 is 5.46. The minimum atomic E-state index is -0.236. The maximum absolute atomic E-state index is 12.0. The van der Waals surface area contributed by atoms with Crippen LogP contribution >= 0.6 is 0 Å². The average Bonchev–Trinajstić information content (AvgIpc) is 3.21. The van der Waals surface area contributed by atoms with Gasteiger partial charge in [0.2, 0.25) is 5.88 Å². The standard InChI is InChI=1S/C19H25N5O2/c1-2-26-18-16(6-5-9-20-18)14-23-19(25)22-13-15-7-8-17(21-12-15)24-10-3-4-11-24/h5-9,12H,2-4,10-11,13-14H2,1H3,(H2,22,23,25). The number of rotatable bonds is 7. The minimum absolute atomic E-state index is 0.236. The fraction of sp³-hybridized carbons (Fsp3) is 0.421. The summed E-state index contributed by atoms with van der Waals surface area (Å²) in [6.07, 6.45) is 5.95. The van der Waals surface area contributed by atoms with Gasteiger partial charge in [-0.2, -0.15) is 0 Å². The van der Waals surface area contributed by atoms with Crippen LogP contribution in [0.25, 0.3) is 0 Å². The number of amides is 2. The van der Waals surface area contributed by atoms with E-state index < -0.39 is 0 Å². The lowest BCUT2D eigenvalue weighted by Crippen LogP contribution is -2.34. The van der Waals surface area contributed by atoms with Crippen LogP contribution in [0.1, 0.15) is 30.9 Å². The Morgan fingerprint density at radius 3 is 2.69 bits per heavy atom. The predicted molar refractivity (Wildman–Crippen MR) is 100 cm³/mol. The summed E-state index contributed by atoms with van der Waals surface area (Å²) in [5, 5.41) is 5.67. The van der Waals surface area contributed by atoms with Crippen LogP contribution in [0.3, 0.4) is 0 Å². The van der Waals surface area contributed by atoms with Crippen molar-refractivity contribution in [3.05, 3.63) is 47.8 Å². The summed E-state index contributed by atoms with van der Waals surface area (Å²) in [6.45, 7) is 5.39. The molecule has 1 fully saturated rings. The van der Waals surface area contributed by atoms with E-state index >= 15 is 0 Å². The van der Waals surface area contributed by atoms with Crippen LogP contribution in [-0.4, -0.2) is 35.7 Å². The molecule has 3 heterocycles. The van der Waals surface area contributed by atoms with Gasteiger partial charge in [0.1, 0.15) is 5.82 Å². The molecule has 3 rings (SSSR count). The molecule has 1 saturated heterocycles. The van der Waals surface area contributed by atoms with Crippen LogP contribution < -0.4 is 20.3 Å². The second-order valence-corrected chi connectivity index (χ2v) is 6.16. The van der Waals surface area contributed by atoms with Crippen molar-refractivity contribution in [1.29, 1.82) is 0 Å². The fourth-order valence-electron chi connectivity index (χ4n) is 2.90. The van der Waals surface area contributed by atoms with Gasteiger partial charge in [-0.3, -0.25) is 0 Å². The van der Waals surface area contributed by atoms with Crippen LogP contribution in [0.2, 0.25) is 0 Å². The average molecular weight is 355 g/mol. The van der Waals surface area contributed by atoms with Crippen molar-refractivity contribution in [2.75, 3.05) is 24.6 Å². The van der Waals surface area contributed by atoms with Gasteiger partial charge in [0.25, 0.3) is 0 Å². The zero-order valence-electron chi connectivity index (χ0n) is 15.1. The number of nitrogens with zero attached hydrogens (tertiary/aromatic N) is 3. The van der Waals surface area contributed by atoms with Gasteiger partial charge in [-0.15, -0.1) is 0 Å². The lowest BCUT2D eigenvalue weighted by molar-refractivity contribution is 0.240. The number of carbonyl (C=O) groups is 1. The monoisotopic (exact) mass is 355 g/mol. The summed E-state index contributed by atoms with van der Waals surface area (Å²) in [4.78, 5) is 23.0. The molecule has 0 aromatic carbocycles. The molecular formula is C19H25N5O2. The van der Waals surface area contributed by atoms with Gasteiger partial charge in [-0.1, -0.05) is 12.1 Å². The lowest BCUT2D eigenvalue weighted by Gasteiger charge is -2.16. The highest BCUT2D eigenvalue weighted by molar-refractivity contribution is 5.73. The van der Waals surface area contributed by atoms with Gasteiger partial charge in [-0.25, -0.2) is 14.8 Å². The second-order valence-electron chi connectivity index (χ2n) is 6.16. The van der Waals surface area contributed by atoms with Crippen LogP contribution in [0.15, 0.2) is 36.7 Å². The molecule has 0 atom stereocenters. The molecule has 1 aliphatic heterocycles. The molecule has 0 aliphatic carbocycles. The normalized spacial score (nSPS) is 13.5. The third kappa shape index (κ3) is 4.84. The lowest BCUT2D eigenvalue weighted by atomic mass is 10.2. The van der Waals surface area contributed by atoms with Crippen LogP contribution in [0.4, 0.5) is 10.6 Å². The summed E-state index contributed by atoms with van der Waals surface area (Å²) in [5.74, 6) is 1.56. The Morgan fingerprint density at radius 2 is 1.96 bits per heavy atom. The SMILES string of the molecule is CCOc1ncccc1CNC(=O)NCc1ccc(N2CCCC2)nc1. The first-order valence-corrected chi connectivity index (χ1v) is 9.04. The third-order valence-corrected chi connectivity index (χ3v) is 4.26. The van der Waals surface area contributed by atoms with Crippen molar-refractivity contribution in [3.8, 4) is 5.88 Å². The van der Waals surface area contributed by atoms with Gasteiger partial charge in [0, 0.05) is 44.1 Å². The van der Waals surface area contributed by atoms with Crippen molar-refractivity contribution in [3.63, 3.8) is 0 Å². The number of anilines is 1. The molecule has 2 amide bonds. The van der Waals surface area contributed by atoms with E-state index in [1.54, 1.807) is 6.20 Å². The van der Waals surface area contributed by atoms with E-state index in [0.29, 0.717) is 25.6 Å². The van der Waals surface area contributed by atoms with E-state index in [-0.39, 0.29) is 6.03 Å². The molecule has 0 unspecified atom stereocenters. The molecule has 138 valence electrons. The molecule has 26 heavy (non-hydrogen) atoms. The molecule has 2 aromatic rings. The summed E-state index contributed by atoms with van der Waals surface area (Å²) in [6, 6.07) is 7.50. The molecule has 2 aromatic heterocycles. The zero-order valence-corrected chi connectivity index (χ0v) is 15.1. The number of ether oxygens (including phenoxy) is 1. The molecule has 1 aliphatic rings. The Kier molecular flexibility index (Phi) is 6.24. The molecule has 7 heteroatoms. The highest BCUT2D eigenvalue weighted by Gasteiger charge is 2.13. The molecule has 0 bridgehead atoms. The zero-order chi connectivity index (χ0) is 18.2. The highest BCUT2D eigenvalue weighted by atomic mass is 16.5. The molecular weight excluding hydrogens is 330 g/mol. The quantitative estimate of drug-likeness (QED) is 0.798. The molecule has 2 N–H and O–H groups in total.